The molecule has 1 aromatic carbocycles. The molecule has 0 aliphatic carbocycles. The van der Waals surface area contributed by atoms with Crippen LogP contribution in [0.4, 0.5) is 0 Å². The van der Waals surface area contributed by atoms with E-state index in [1.807, 2.05) is 19.1 Å². The summed E-state index contributed by atoms with van der Waals surface area (Å²) in [6.45, 7) is 3.68. The summed E-state index contributed by atoms with van der Waals surface area (Å²) in [6, 6.07) is 7.69. The highest BCUT2D eigenvalue weighted by Gasteiger charge is 2.10. The molecule has 0 bridgehead atoms. The normalized spacial score (nSPS) is 11.8. The molecule has 90 valence electrons. The van der Waals surface area contributed by atoms with Crippen LogP contribution in [0.3, 0.4) is 0 Å². The van der Waals surface area contributed by atoms with E-state index in [1.54, 1.807) is 24.8 Å². The standard InChI is InChI=1S/C13H15NO2S/c1-9-5-11(6-14)3-4-12(9)8-17-7-10(2)13(15)16/h3-5,10H,7-8H2,1-2H3,(H,15,16). The number of aliphatic carboxylic acids is 1. The van der Waals surface area contributed by atoms with Crippen molar-refractivity contribution >= 4 is 17.7 Å². The van der Waals surface area contributed by atoms with E-state index < -0.39 is 5.97 Å². The van der Waals surface area contributed by atoms with Gasteiger partial charge in [0.2, 0.25) is 0 Å². The molecule has 0 saturated heterocycles. The molecule has 0 aromatic heterocycles. The third-order valence-electron chi connectivity index (χ3n) is 2.52. The third kappa shape index (κ3) is 4.12. The minimum Gasteiger partial charge on any atom is -0.481 e. The first-order valence-electron chi connectivity index (χ1n) is 5.34. The van der Waals surface area contributed by atoms with Crippen molar-refractivity contribution in [3.8, 4) is 6.07 Å². The number of nitrogens with zero attached hydrogens (tertiary/aromatic N) is 1. The highest BCUT2D eigenvalue weighted by atomic mass is 32.2. The quantitative estimate of drug-likeness (QED) is 0.871. The van der Waals surface area contributed by atoms with Crippen molar-refractivity contribution in [2.24, 2.45) is 5.92 Å². The van der Waals surface area contributed by atoms with Gasteiger partial charge in [-0.25, -0.2) is 0 Å². The van der Waals surface area contributed by atoms with E-state index in [2.05, 4.69) is 6.07 Å². The van der Waals surface area contributed by atoms with Crippen molar-refractivity contribution in [1.29, 1.82) is 5.26 Å². The van der Waals surface area contributed by atoms with Crippen LogP contribution in [-0.2, 0) is 10.5 Å². The molecule has 0 heterocycles. The zero-order valence-corrected chi connectivity index (χ0v) is 10.8. The van der Waals surface area contributed by atoms with Crippen molar-refractivity contribution in [3.63, 3.8) is 0 Å². The number of rotatable bonds is 5. The van der Waals surface area contributed by atoms with Crippen molar-refractivity contribution in [3.05, 3.63) is 34.9 Å². The van der Waals surface area contributed by atoms with Crippen LogP contribution in [0, 0.1) is 24.2 Å². The lowest BCUT2D eigenvalue weighted by Gasteiger charge is -2.08. The lowest BCUT2D eigenvalue weighted by atomic mass is 10.1. The number of benzene rings is 1. The summed E-state index contributed by atoms with van der Waals surface area (Å²) in [5.74, 6) is 0.317. The maximum absolute atomic E-state index is 10.6. The van der Waals surface area contributed by atoms with Gasteiger partial charge in [-0.05, 0) is 30.2 Å². The molecule has 0 aliphatic rings. The van der Waals surface area contributed by atoms with E-state index in [0.717, 1.165) is 16.9 Å². The number of hydrogen-bond acceptors (Lipinski definition) is 3. The summed E-state index contributed by atoms with van der Waals surface area (Å²) in [5, 5.41) is 17.5. The summed E-state index contributed by atoms with van der Waals surface area (Å²) in [6.07, 6.45) is 0. The van der Waals surface area contributed by atoms with Gasteiger partial charge in [0.05, 0.1) is 17.6 Å². The van der Waals surface area contributed by atoms with Gasteiger partial charge in [0, 0.05) is 11.5 Å². The number of carbonyl (C=O) groups is 1. The van der Waals surface area contributed by atoms with Gasteiger partial charge in [0.1, 0.15) is 0 Å². The third-order valence-corrected chi connectivity index (χ3v) is 3.77. The maximum atomic E-state index is 10.6. The van der Waals surface area contributed by atoms with Crippen LogP contribution in [0.1, 0.15) is 23.6 Å². The Morgan fingerprint density at radius 2 is 2.29 bits per heavy atom. The molecule has 1 unspecified atom stereocenters. The molecular weight excluding hydrogens is 234 g/mol. The van der Waals surface area contributed by atoms with Crippen LogP contribution in [0.5, 0.6) is 0 Å². The first-order valence-corrected chi connectivity index (χ1v) is 6.50. The molecule has 1 atom stereocenters. The van der Waals surface area contributed by atoms with Crippen LogP contribution in [-0.4, -0.2) is 16.8 Å². The van der Waals surface area contributed by atoms with Crippen molar-refractivity contribution in [2.75, 3.05) is 5.75 Å². The van der Waals surface area contributed by atoms with Gasteiger partial charge in [-0.1, -0.05) is 13.0 Å². The fraction of sp³-hybridized carbons (Fsp3) is 0.385. The molecule has 0 aliphatic heterocycles. The molecule has 17 heavy (non-hydrogen) atoms. The zero-order chi connectivity index (χ0) is 12.8. The van der Waals surface area contributed by atoms with Gasteiger partial charge in [-0.15, -0.1) is 0 Å². The molecule has 0 radical (unpaired) electrons. The molecule has 0 saturated carbocycles. The van der Waals surface area contributed by atoms with Gasteiger partial charge in [0.15, 0.2) is 0 Å². The Kier molecular flexibility index (Phi) is 5.05. The monoisotopic (exact) mass is 249 g/mol. The zero-order valence-electron chi connectivity index (χ0n) is 9.93. The fourth-order valence-corrected chi connectivity index (χ4v) is 2.50. The Hall–Kier alpha value is -1.47. The SMILES string of the molecule is Cc1cc(C#N)ccc1CSCC(C)C(=O)O. The molecule has 1 rings (SSSR count). The average molecular weight is 249 g/mol. The predicted molar refractivity (Wildman–Crippen MR) is 68.9 cm³/mol. The molecule has 0 fully saturated rings. The van der Waals surface area contributed by atoms with Gasteiger partial charge >= 0.3 is 5.97 Å². The Balaban J connectivity index is 2.53. The number of carboxylic acids is 1. The summed E-state index contributed by atoms with van der Waals surface area (Å²) in [4.78, 5) is 10.6. The van der Waals surface area contributed by atoms with Crippen LogP contribution >= 0.6 is 11.8 Å². The largest absolute Gasteiger partial charge is 0.481 e. The summed E-state index contributed by atoms with van der Waals surface area (Å²) < 4.78 is 0. The topological polar surface area (TPSA) is 61.1 Å². The molecule has 0 spiro atoms. The smallest absolute Gasteiger partial charge is 0.307 e. The Morgan fingerprint density at radius 1 is 1.59 bits per heavy atom. The maximum Gasteiger partial charge on any atom is 0.307 e. The van der Waals surface area contributed by atoms with Crippen LogP contribution in [0.15, 0.2) is 18.2 Å². The van der Waals surface area contributed by atoms with Crippen molar-refractivity contribution < 1.29 is 9.90 Å². The van der Waals surface area contributed by atoms with Crippen molar-refractivity contribution in [2.45, 2.75) is 19.6 Å². The van der Waals surface area contributed by atoms with Crippen molar-refractivity contribution in [1.82, 2.24) is 0 Å². The first kappa shape index (κ1) is 13.6. The Labute approximate surface area is 105 Å². The average Bonchev–Trinajstić information content (AvgIpc) is 2.30. The summed E-state index contributed by atoms with van der Waals surface area (Å²) >= 11 is 1.61. The van der Waals surface area contributed by atoms with Crippen LogP contribution in [0.2, 0.25) is 0 Å². The Morgan fingerprint density at radius 3 is 2.82 bits per heavy atom. The molecule has 1 aromatic rings. The second-order valence-corrected chi connectivity index (χ2v) is 5.04. The van der Waals surface area contributed by atoms with E-state index in [9.17, 15) is 4.79 Å². The second kappa shape index (κ2) is 6.31. The summed E-state index contributed by atoms with van der Waals surface area (Å²) in [5.41, 5.74) is 2.90. The Bertz CT molecular complexity index is 451. The molecule has 3 nitrogen and oxygen atoms in total. The van der Waals surface area contributed by atoms with Crippen LogP contribution < -0.4 is 0 Å². The number of thioether (sulfide) groups is 1. The minimum atomic E-state index is -0.756. The van der Waals surface area contributed by atoms with Gasteiger partial charge < -0.3 is 5.11 Å². The van der Waals surface area contributed by atoms with Gasteiger partial charge in [-0.3, -0.25) is 4.79 Å². The van der Waals surface area contributed by atoms with E-state index in [1.165, 1.54) is 0 Å². The highest BCUT2D eigenvalue weighted by molar-refractivity contribution is 7.98. The highest BCUT2D eigenvalue weighted by Crippen LogP contribution is 2.19. The second-order valence-electron chi connectivity index (χ2n) is 4.01. The fourth-order valence-electron chi connectivity index (χ4n) is 1.34. The lowest BCUT2D eigenvalue weighted by molar-refractivity contribution is -0.140. The summed E-state index contributed by atoms with van der Waals surface area (Å²) in [7, 11) is 0. The van der Waals surface area contributed by atoms with Crippen LogP contribution in [0.25, 0.3) is 0 Å². The first-order chi connectivity index (χ1) is 8.04. The molecule has 4 heteroatoms. The number of hydrogen-bond donors (Lipinski definition) is 1. The minimum absolute atomic E-state index is 0.321. The lowest BCUT2D eigenvalue weighted by Crippen LogP contribution is -2.11. The van der Waals surface area contributed by atoms with E-state index in [0.29, 0.717) is 11.3 Å². The van der Waals surface area contributed by atoms with Gasteiger partial charge in [0.25, 0.3) is 0 Å². The number of carboxylic acid groups (broad SMARTS) is 1. The molecular formula is C13H15NO2S. The predicted octanol–water partition coefficient (Wildman–Crippen LogP) is 2.82. The van der Waals surface area contributed by atoms with Gasteiger partial charge in [-0.2, -0.15) is 17.0 Å². The van der Waals surface area contributed by atoms with E-state index in [4.69, 9.17) is 10.4 Å². The molecule has 0 amide bonds. The van der Waals surface area contributed by atoms with E-state index in [-0.39, 0.29) is 5.92 Å². The number of nitriles is 1. The van der Waals surface area contributed by atoms with E-state index >= 15 is 0 Å². The molecule has 1 N–H and O–H groups in total. The number of aryl methyl sites for hydroxylation is 1.